The summed E-state index contributed by atoms with van der Waals surface area (Å²) < 4.78 is 32.1. The molecule has 1 aromatic carbocycles. The number of aliphatic imine (C=N–C) groups is 1. The highest BCUT2D eigenvalue weighted by atomic mass is 19.3. The lowest BCUT2D eigenvalue weighted by Gasteiger charge is -2.16. The van der Waals surface area contributed by atoms with Gasteiger partial charge in [0.2, 0.25) is 5.95 Å². The highest BCUT2D eigenvalue weighted by Crippen LogP contribution is 2.30. The van der Waals surface area contributed by atoms with Gasteiger partial charge in [0.1, 0.15) is 24.0 Å². The smallest absolute Gasteiger partial charge is 0.272 e. The normalized spacial score (nSPS) is 17.1. The second kappa shape index (κ2) is 15.0. The first kappa shape index (κ1) is 29.0. The van der Waals surface area contributed by atoms with E-state index in [-0.39, 0.29) is 5.92 Å². The van der Waals surface area contributed by atoms with Crippen LogP contribution in [0.25, 0.3) is 0 Å². The van der Waals surface area contributed by atoms with Gasteiger partial charge >= 0.3 is 0 Å². The van der Waals surface area contributed by atoms with Crippen molar-refractivity contribution in [1.82, 2.24) is 19.8 Å². The molecule has 0 amide bonds. The number of halogens is 2. The third-order valence-electron chi connectivity index (χ3n) is 6.39. The molecule has 38 heavy (non-hydrogen) atoms. The van der Waals surface area contributed by atoms with Gasteiger partial charge in [0.15, 0.2) is 0 Å². The molecular weight excluding hydrogens is 488 g/mol. The Kier molecular flexibility index (Phi) is 11.4. The molecule has 0 saturated carbocycles. The molecule has 1 aliphatic heterocycles. The number of likely N-dealkylation sites (N-methyl/N-ethyl adjacent to an activating group) is 1. The number of alkyl halides is 2. The van der Waals surface area contributed by atoms with Gasteiger partial charge < -0.3 is 10.1 Å². The number of anilines is 1. The fourth-order valence-corrected chi connectivity index (χ4v) is 4.31. The molecule has 206 valence electrons. The number of allylic oxidation sites excluding steroid dienone is 2. The first-order valence-electron chi connectivity index (χ1n) is 13.2. The summed E-state index contributed by atoms with van der Waals surface area (Å²) in [6.45, 7) is 11.0. The third-order valence-corrected chi connectivity index (χ3v) is 6.39. The maximum Gasteiger partial charge on any atom is 0.272 e. The molecule has 0 spiro atoms. The van der Waals surface area contributed by atoms with E-state index >= 15 is 0 Å². The van der Waals surface area contributed by atoms with Gasteiger partial charge in [0.25, 0.3) is 6.43 Å². The summed E-state index contributed by atoms with van der Waals surface area (Å²) in [7, 11) is 0. The molecule has 1 aliphatic rings. The van der Waals surface area contributed by atoms with Crippen LogP contribution in [-0.4, -0.2) is 58.4 Å². The van der Waals surface area contributed by atoms with E-state index in [4.69, 9.17) is 14.8 Å². The molecule has 1 N–H and O–H groups in total. The number of fused-ring (bicyclic) bond motifs is 1. The molecule has 2 heterocycles. The number of nitrogens with one attached hydrogen (secondary N) is 1. The maximum absolute atomic E-state index is 12.5. The van der Waals surface area contributed by atoms with Crippen molar-refractivity contribution in [3.05, 3.63) is 59.6 Å². The van der Waals surface area contributed by atoms with Gasteiger partial charge in [0.05, 0.1) is 6.54 Å². The maximum atomic E-state index is 12.5. The van der Waals surface area contributed by atoms with Gasteiger partial charge in [-0.25, -0.2) is 18.5 Å². The zero-order chi connectivity index (χ0) is 27.3. The van der Waals surface area contributed by atoms with Crippen molar-refractivity contribution < 1.29 is 13.5 Å². The van der Waals surface area contributed by atoms with Crippen LogP contribution in [0.15, 0.2) is 58.3 Å². The molecule has 0 bridgehead atoms. The number of amidine groups is 1. The van der Waals surface area contributed by atoms with Crippen LogP contribution in [0.4, 0.5) is 14.7 Å². The van der Waals surface area contributed by atoms with Gasteiger partial charge in [-0.1, -0.05) is 37.1 Å². The van der Waals surface area contributed by atoms with Crippen molar-refractivity contribution >= 4 is 18.5 Å². The van der Waals surface area contributed by atoms with Gasteiger partial charge in [-0.15, -0.1) is 5.10 Å². The lowest BCUT2D eigenvalue weighted by atomic mass is 9.90. The molecule has 1 aromatic heterocycles. The van der Waals surface area contributed by atoms with E-state index in [1.54, 1.807) is 12.1 Å². The zero-order valence-electron chi connectivity index (χ0n) is 22.6. The van der Waals surface area contributed by atoms with Gasteiger partial charge in [-0.3, -0.25) is 5.01 Å². The van der Waals surface area contributed by atoms with Crippen LogP contribution in [0.1, 0.15) is 63.8 Å². The number of hydrogen-bond acceptors (Lipinski definition) is 6. The number of benzene rings is 1. The van der Waals surface area contributed by atoms with Crippen LogP contribution in [-0.2, 0) is 13.0 Å². The number of rotatable bonds is 11. The van der Waals surface area contributed by atoms with E-state index in [0.29, 0.717) is 24.1 Å². The van der Waals surface area contributed by atoms with Crippen LogP contribution in [0, 0.1) is 0 Å². The Hall–Kier alpha value is -3.56. The summed E-state index contributed by atoms with van der Waals surface area (Å²) in [5.74, 6) is 2.87. The fourth-order valence-electron chi connectivity index (χ4n) is 4.31. The summed E-state index contributed by atoms with van der Waals surface area (Å²) in [5.41, 5.74) is 2.05. The topological polar surface area (TPSA) is 79.9 Å². The minimum Gasteiger partial charge on any atom is -0.488 e. The Morgan fingerprint density at radius 2 is 2.08 bits per heavy atom. The van der Waals surface area contributed by atoms with Crippen LogP contribution >= 0.6 is 0 Å². The third kappa shape index (κ3) is 9.08. The predicted molar refractivity (Wildman–Crippen MR) is 149 cm³/mol. The van der Waals surface area contributed by atoms with Crippen LogP contribution in [0.2, 0.25) is 0 Å². The first-order valence-corrected chi connectivity index (χ1v) is 13.2. The molecular formula is C28H39F2N7O. The standard InChI is InChI=1S/C28H39F2N7O/c1-5-24(12-10-17-36(6-2)34-21(3)31-4)32-28-33-27-19-23(11-8-7-9-18-37(27)35-28)22-13-15-25(16-14-22)38-20-26(29)30/h5,10,12-16,23,26H,4,6-9,11,17-20H2,1-3H3,(H,32,35)/b12-10-,24-5+,34-21-. The van der Waals surface area contributed by atoms with Crippen LogP contribution < -0.4 is 10.1 Å². The quantitative estimate of drug-likeness (QED) is 0.167. The van der Waals surface area contributed by atoms with E-state index in [0.717, 1.165) is 62.3 Å². The van der Waals surface area contributed by atoms with E-state index in [2.05, 4.69) is 22.1 Å². The monoisotopic (exact) mass is 527 g/mol. The fraction of sp³-hybridized carbons (Fsp3) is 0.500. The molecule has 0 radical (unpaired) electrons. The second-order valence-corrected chi connectivity index (χ2v) is 9.18. The molecule has 8 nitrogen and oxygen atoms in total. The number of hydrazone groups is 1. The Bertz CT molecular complexity index is 1110. The molecule has 1 unspecified atom stereocenters. The van der Waals surface area contributed by atoms with Crippen molar-refractivity contribution in [1.29, 1.82) is 0 Å². The second-order valence-electron chi connectivity index (χ2n) is 9.18. The van der Waals surface area contributed by atoms with Crippen LogP contribution in [0.3, 0.4) is 0 Å². The zero-order valence-corrected chi connectivity index (χ0v) is 22.6. The molecule has 0 fully saturated rings. The lowest BCUT2D eigenvalue weighted by Crippen LogP contribution is -2.18. The molecule has 0 aliphatic carbocycles. The SMILES string of the molecule is C=N/C(C)=N\N(CC)C/C=C\C(=C/C)Nc1nc2n(n1)CCCCCC(c1ccc(OCC(F)F)cc1)C2. The van der Waals surface area contributed by atoms with E-state index in [1.165, 1.54) is 0 Å². The van der Waals surface area contributed by atoms with E-state index in [9.17, 15) is 8.78 Å². The Morgan fingerprint density at radius 3 is 2.76 bits per heavy atom. The van der Waals surface area contributed by atoms with E-state index < -0.39 is 13.0 Å². The van der Waals surface area contributed by atoms with Crippen molar-refractivity contribution in [3.8, 4) is 5.75 Å². The van der Waals surface area contributed by atoms with Crippen molar-refractivity contribution in [2.24, 2.45) is 10.1 Å². The molecule has 2 aromatic rings. The minimum atomic E-state index is -2.49. The van der Waals surface area contributed by atoms with E-state index in [1.807, 2.05) is 60.8 Å². The van der Waals surface area contributed by atoms with Gasteiger partial charge in [-0.05, 0) is 70.0 Å². The molecule has 10 heteroatoms. The lowest BCUT2D eigenvalue weighted by molar-refractivity contribution is 0.0819. The minimum absolute atomic E-state index is 0.267. The summed E-state index contributed by atoms with van der Waals surface area (Å²) in [5, 5.41) is 14.4. The number of nitrogens with zero attached hydrogens (tertiary/aromatic N) is 6. The molecule has 1 atom stereocenters. The highest BCUT2D eigenvalue weighted by Gasteiger charge is 2.20. The first-order chi connectivity index (χ1) is 18.4. The Balaban J connectivity index is 1.69. The summed E-state index contributed by atoms with van der Waals surface area (Å²) in [4.78, 5) is 8.69. The number of ether oxygens (including phenoxy) is 1. The Morgan fingerprint density at radius 1 is 1.29 bits per heavy atom. The van der Waals surface area contributed by atoms with Crippen molar-refractivity contribution in [3.63, 3.8) is 0 Å². The largest absolute Gasteiger partial charge is 0.488 e. The predicted octanol–water partition coefficient (Wildman–Crippen LogP) is 6.05. The molecule has 3 rings (SSSR count). The summed E-state index contributed by atoms with van der Waals surface area (Å²) in [6.07, 6.45) is 8.61. The highest BCUT2D eigenvalue weighted by molar-refractivity contribution is 5.83. The van der Waals surface area contributed by atoms with Gasteiger partial charge in [0, 0.05) is 25.2 Å². The number of hydrogen-bond donors (Lipinski definition) is 1. The molecule has 0 saturated heterocycles. The number of aromatic nitrogens is 3. The van der Waals surface area contributed by atoms with Crippen molar-refractivity contribution in [2.75, 3.05) is 25.0 Å². The van der Waals surface area contributed by atoms with Crippen molar-refractivity contribution in [2.45, 2.75) is 71.8 Å². The number of aryl methyl sites for hydroxylation is 1. The average Bonchev–Trinajstić information content (AvgIpc) is 3.33. The summed E-state index contributed by atoms with van der Waals surface area (Å²) in [6, 6.07) is 7.49. The Labute approximate surface area is 224 Å². The van der Waals surface area contributed by atoms with Gasteiger partial charge in [-0.2, -0.15) is 10.1 Å². The van der Waals surface area contributed by atoms with Crippen LogP contribution in [0.5, 0.6) is 5.75 Å². The summed E-state index contributed by atoms with van der Waals surface area (Å²) >= 11 is 0. The average molecular weight is 528 g/mol.